The fraction of sp³-hybridized carbons (Fsp3) is 0.375. The molecule has 1 unspecified atom stereocenters. The van der Waals surface area contributed by atoms with Crippen LogP contribution in [0.1, 0.15) is 25.5 Å². The van der Waals surface area contributed by atoms with Gasteiger partial charge in [-0.05, 0) is 37.7 Å². The molecule has 0 spiro atoms. The van der Waals surface area contributed by atoms with Crippen LogP contribution in [0.2, 0.25) is 0 Å². The number of rotatable bonds is 5. The first kappa shape index (κ1) is 18.7. The van der Waals surface area contributed by atoms with Crippen molar-refractivity contribution in [1.82, 2.24) is 10.2 Å². The summed E-state index contributed by atoms with van der Waals surface area (Å²) >= 11 is 5.30. The number of Topliss-reactive ketones (excluding diaryl/α,β-unsaturated/α-hetero) is 1. The molecule has 1 heterocycles. The van der Waals surface area contributed by atoms with Gasteiger partial charge in [0.25, 0.3) is 0 Å². The minimum Gasteiger partial charge on any atom is -0.493 e. The maximum Gasteiger partial charge on any atom is 0.315 e. The second kappa shape index (κ2) is 7.06. The summed E-state index contributed by atoms with van der Waals surface area (Å²) in [4.78, 5) is 24.7. The number of hydrogen-bond donors (Lipinski definition) is 1. The summed E-state index contributed by atoms with van der Waals surface area (Å²) in [5.74, 6) is 0.0810. The van der Waals surface area contributed by atoms with E-state index in [9.17, 15) is 14.9 Å². The minimum absolute atomic E-state index is 0.0248. The molecule has 0 aromatic heterocycles. The molecule has 0 fully saturated rings. The van der Waals surface area contributed by atoms with Gasteiger partial charge in [-0.15, -0.1) is 0 Å². The molecule has 25 heavy (non-hydrogen) atoms. The van der Waals surface area contributed by atoms with Crippen molar-refractivity contribution in [3.05, 3.63) is 39.1 Å². The Morgan fingerprint density at radius 2 is 2.00 bits per heavy atom. The van der Waals surface area contributed by atoms with E-state index in [-0.39, 0.29) is 23.0 Å². The average molecular weight is 365 g/mol. The molecule has 0 aliphatic carbocycles. The topological polar surface area (TPSA) is 93.9 Å². The number of benzene rings is 1. The van der Waals surface area contributed by atoms with Crippen molar-refractivity contribution in [1.29, 1.82) is 0 Å². The van der Waals surface area contributed by atoms with Crippen molar-refractivity contribution in [2.24, 2.45) is 0 Å². The summed E-state index contributed by atoms with van der Waals surface area (Å²) in [5, 5.41) is 14.9. The van der Waals surface area contributed by atoms with Crippen LogP contribution in [-0.4, -0.2) is 42.0 Å². The van der Waals surface area contributed by atoms with E-state index in [1.54, 1.807) is 24.9 Å². The van der Waals surface area contributed by atoms with Crippen molar-refractivity contribution in [2.75, 3.05) is 21.3 Å². The summed E-state index contributed by atoms with van der Waals surface area (Å²) in [5.41, 5.74) is 1.42. The second-order valence-electron chi connectivity index (χ2n) is 5.53. The van der Waals surface area contributed by atoms with E-state index in [2.05, 4.69) is 5.32 Å². The Bertz CT molecular complexity index is 790. The van der Waals surface area contributed by atoms with Crippen LogP contribution in [0.5, 0.6) is 11.5 Å². The Morgan fingerprint density at radius 3 is 2.48 bits per heavy atom. The number of ketones is 1. The number of nitrogens with zero attached hydrogens (tertiary/aromatic N) is 2. The molecule has 1 aromatic carbocycles. The third kappa shape index (κ3) is 3.27. The van der Waals surface area contributed by atoms with Crippen LogP contribution in [0.3, 0.4) is 0 Å². The number of nitro groups is 1. The van der Waals surface area contributed by atoms with E-state index in [4.69, 9.17) is 21.7 Å². The molecule has 1 aromatic rings. The number of nitro benzene ring substituents is 1. The zero-order valence-corrected chi connectivity index (χ0v) is 15.4. The number of nitrogens with one attached hydrogen (secondary N) is 1. The van der Waals surface area contributed by atoms with Crippen molar-refractivity contribution in [3.63, 3.8) is 0 Å². The summed E-state index contributed by atoms with van der Waals surface area (Å²) in [6, 6.07) is 2.36. The minimum atomic E-state index is -0.611. The highest BCUT2D eigenvalue weighted by atomic mass is 32.1. The lowest BCUT2D eigenvalue weighted by Gasteiger charge is -2.35. The van der Waals surface area contributed by atoms with Crippen molar-refractivity contribution < 1.29 is 19.2 Å². The molecule has 134 valence electrons. The lowest BCUT2D eigenvalue weighted by atomic mass is 9.92. The molecule has 0 saturated carbocycles. The zero-order valence-electron chi connectivity index (χ0n) is 14.6. The predicted octanol–water partition coefficient (Wildman–Crippen LogP) is 2.34. The molecule has 1 aliphatic rings. The third-order valence-electron chi connectivity index (χ3n) is 4.14. The zero-order chi connectivity index (χ0) is 18.9. The highest BCUT2D eigenvalue weighted by Crippen LogP contribution is 2.41. The first-order chi connectivity index (χ1) is 11.7. The van der Waals surface area contributed by atoms with Crippen molar-refractivity contribution in [3.8, 4) is 11.5 Å². The van der Waals surface area contributed by atoms with E-state index in [0.717, 1.165) is 0 Å². The first-order valence-corrected chi connectivity index (χ1v) is 7.80. The van der Waals surface area contributed by atoms with E-state index < -0.39 is 11.0 Å². The highest BCUT2D eigenvalue weighted by molar-refractivity contribution is 7.80. The number of allylic oxidation sites excluding steroid dienone is 1. The van der Waals surface area contributed by atoms with E-state index in [1.165, 1.54) is 27.2 Å². The maximum atomic E-state index is 12.2. The molecule has 0 radical (unpaired) electrons. The van der Waals surface area contributed by atoms with Gasteiger partial charge < -0.3 is 19.7 Å². The van der Waals surface area contributed by atoms with Crippen LogP contribution in [0.4, 0.5) is 5.69 Å². The summed E-state index contributed by atoms with van der Waals surface area (Å²) in [7, 11) is 4.48. The Hall–Kier alpha value is -2.68. The van der Waals surface area contributed by atoms with Crippen LogP contribution in [-0.2, 0) is 4.79 Å². The van der Waals surface area contributed by atoms with Gasteiger partial charge in [0.1, 0.15) is 0 Å². The Labute approximate surface area is 150 Å². The van der Waals surface area contributed by atoms with Gasteiger partial charge in [-0.1, -0.05) is 0 Å². The van der Waals surface area contributed by atoms with Crippen molar-refractivity contribution >= 4 is 28.8 Å². The number of ether oxygens (including phenoxy) is 2. The maximum absolute atomic E-state index is 12.2. The smallest absolute Gasteiger partial charge is 0.315 e. The van der Waals surface area contributed by atoms with Gasteiger partial charge >= 0.3 is 5.69 Å². The number of methoxy groups -OCH3 is 2. The molecule has 0 amide bonds. The molecular formula is C16H19N3O5S. The first-order valence-electron chi connectivity index (χ1n) is 7.39. The quantitative estimate of drug-likeness (QED) is 0.483. The molecule has 0 bridgehead atoms. The number of carbonyl (C=O) groups excluding carboxylic acids is 1. The molecule has 1 aliphatic heterocycles. The molecule has 9 heteroatoms. The van der Waals surface area contributed by atoms with Gasteiger partial charge in [-0.2, -0.15) is 0 Å². The SMILES string of the molecule is COc1cc(C2NC(=S)N(C)C(C)=C2C(C)=O)cc([N+](=O)[O-])c1OC. The monoisotopic (exact) mass is 365 g/mol. The van der Waals surface area contributed by atoms with Crippen LogP contribution >= 0.6 is 12.2 Å². The molecule has 1 atom stereocenters. The summed E-state index contributed by atoms with van der Waals surface area (Å²) < 4.78 is 10.3. The standard InChI is InChI=1S/C16H19N3O5S/c1-8-13(9(2)20)14(17-16(25)18(8)3)10-6-11(19(21)22)15(24-5)12(7-10)23-4/h6-7,14H,1-5H3,(H,17,25). The predicted molar refractivity (Wildman–Crippen MR) is 95.8 cm³/mol. The van der Waals surface area contributed by atoms with Gasteiger partial charge in [0.15, 0.2) is 16.6 Å². The van der Waals surface area contributed by atoms with Crippen LogP contribution < -0.4 is 14.8 Å². The largest absolute Gasteiger partial charge is 0.493 e. The third-order valence-corrected chi connectivity index (χ3v) is 4.54. The lowest BCUT2D eigenvalue weighted by Crippen LogP contribution is -2.45. The second-order valence-corrected chi connectivity index (χ2v) is 5.92. The molecular weight excluding hydrogens is 346 g/mol. The molecule has 8 nitrogen and oxygen atoms in total. The number of carbonyl (C=O) groups is 1. The summed E-state index contributed by atoms with van der Waals surface area (Å²) in [6.07, 6.45) is 0. The fourth-order valence-corrected chi connectivity index (χ4v) is 3.06. The molecule has 2 rings (SSSR count). The van der Waals surface area contributed by atoms with E-state index in [1.807, 2.05) is 0 Å². The molecule has 1 N–H and O–H groups in total. The lowest BCUT2D eigenvalue weighted by molar-refractivity contribution is -0.385. The van der Waals surface area contributed by atoms with Gasteiger partial charge in [0.2, 0.25) is 5.75 Å². The van der Waals surface area contributed by atoms with E-state index >= 15 is 0 Å². The number of thiocarbonyl (C=S) groups is 1. The van der Waals surface area contributed by atoms with Gasteiger partial charge in [0, 0.05) is 24.4 Å². The average Bonchev–Trinajstić information content (AvgIpc) is 2.57. The normalized spacial score (nSPS) is 17.2. The van der Waals surface area contributed by atoms with Crippen LogP contribution in [0.15, 0.2) is 23.4 Å². The van der Waals surface area contributed by atoms with E-state index in [0.29, 0.717) is 21.9 Å². The van der Waals surface area contributed by atoms with Crippen molar-refractivity contribution in [2.45, 2.75) is 19.9 Å². The Kier molecular flexibility index (Phi) is 5.27. The number of hydrogen-bond acceptors (Lipinski definition) is 6. The highest BCUT2D eigenvalue weighted by Gasteiger charge is 2.33. The van der Waals surface area contributed by atoms with Gasteiger partial charge in [-0.3, -0.25) is 14.9 Å². The Balaban J connectivity index is 2.71. The van der Waals surface area contributed by atoms with Crippen LogP contribution in [0.25, 0.3) is 0 Å². The van der Waals surface area contributed by atoms with Crippen LogP contribution in [0, 0.1) is 10.1 Å². The Morgan fingerprint density at radius 1 is 1.36 bits per heavy atom. The van der Waals surface area contributed by atoms with Gasteiger partial charge in [0.05, 0.1) is 25.2 Å². The fourth-order valence-electron chi connectivity index (χ4n) is 2.81. The summed E-state index contributed by atoms with van der Waals surface area (Å²) in [6.45, 7) is 3.23. The molecule has 0 saturated heterocycles. The van der Waals surface area contributed by atoms with Gasteiger partial charge in [-0.25, -0.2) is 0 Å².